The van der Waals surface area contributed by atoms with Crippen LogP contribution < -0.4 is 16.0 Å². The number of anilines is 1. The van der Waals surface area contributed by atoms with E-state index in [1.54, 1.807) is 25.4 Å². The molecule has 2 N–H and O–H groups in total. The Balaban J connectivity index is 2.10. The van der Waals surface area contributed by atoms with E-state index in [1.807, 2.05) is 12.1 Å². The maximum Gasteiger partial charge on any atom is 0.313 e. The molecule has 0 bridgehead atoms. The largest absolute Gasteiger partial charge is 0.469 e. The summed E-state index contributed by atoms with van der Waals surface area (Å²) in [5.74, 6) is 0.104. The van der Waals surface area contributed by atoms with Crippen LogP contribution in [0, 0.1) is 0 Å². The zero-order valence-corrected chi connectivity index (χ0v) is 9.46. The summed E-state index contributed by atoms with van der Waals surface area (Å²) in [6, 6.07) is 7.27. The highest BCUT2D eigenvalue weighted by Gasteiger charge is 2.03. The predicted molar refractivity (Wildman–Crippen MR) is 64.7 cm³/mol. The molecule has 0 radical (unpaired) electrons. The number of aryl methyl sites for hydroxylation is 1. The highest BCUT2D eigenvalue weighted by atomic mass is 16.5. The molecule has 0 fully saturated rings. The van der Waals surface area contributed by atoms with Crippen molar-refractivity contribution in [3.63, 3.8) is 0 Å². The summed E-state index contributed by atoms with van der Waals surface area (Å²) in [7, 11) is 1.65. The van der Waals surface area contributed by atoms with E-state index in [9.17, 15) is 4.79 Å². The maximum absolute atomic E-state index is 11.6. The van der Waals surface area contributed by atoms with Crippen LogP contribution in [0.5, 0.6) is 5.88 Å². The van der Waals surface area contributed by atoms with Gasteiger partial charge in [0.15, 0.2) is 0 Å². The number of nitrogens with zero attached hydrogens (tertiary/aromatic N) is 2. The molecule has 0 unspecified atom stereocenters. The molecule has 0 amide bonds. The zero-order chi connectivity index (χ0) is 12.3. The highest BCUT2D eigenvalue weighted by Crippen LogP contribution is 2.07. The van der Waals surface area contributed by atoms with Crippen LogP contribution in [-0.2, 0) is 13.7 Å². The van der Waals surface area contributed by atoms with E-state index in [0.717, 1.165) is 5.56 Å². The number of hydrogen-bond donors (Lipinski definition) is 1. The second-order valence-corrected chi connectivity index (χ2v) is 3.68. The molecule has 17 heavy (non-hydrogen) atoms. The van der Waals surface area contributed by atoms with E-state index >= 15 is 0 Å². The number of ether oxygens (including phenoxy) is 1. The first kappa shape index (κ1) is 11.2. The molecule has 5 nitrogen and oxygen atoms in total. The summed E-state index contributed by atoms with van der Waals surface area (Å²) in [5.41, 5.74) is 6.96. The standard InChI is InChI=1S/C12H13N3O2/c1-15-7-6-14-11(12(15)16)17-8-9-2-4-10(13)5-3-9/h2-7H,8,13H2,1H3. The molecule has 5 heteroatoms. The van der Waals surface area contributed by atoms with Crippen LogP contribution in [0.2, 0.25) is 0 Å². The SMILES string of the molecule is Cn1ccnc(OCc2ccc(N)cc2)c1=O. The number of nitrogens with two attached hydrogens (primary N) is 1. The van der Waals surface area contributed by atoms with Crippen molar-refractivity contribution < 1.29 is 4.74 Å². The third-order valence-corrected chi connectivity index (χ3v) is 2.34. The lowest BCUT2D eigenvalue weighted by Crippen LogP contribution is -2.19. The lowest BCUT2D eigenvalue weighted by atomic mass is 10.2. The number of aromatic nitrogens is 2. The minimum Gasteiger partial charge on any atom is -0.469 e. The molecular weight excluding hydrogens is 218 g/mol. The average molecular weight is 231 g/mol. The Hall–Kier alpha value is -2.30. The molecular formula is C12H13N3O2. The second kappa shape index (κ2) is 4.69. The molecule has 0 saturated heterocycles. The highest BCUT2D eigenvalue weighted by molar-refractivity contribution is 5.39. The minimum absolute atomic E-state index is 0.104. The predicted octanol–water partition coefficient (Wildman–Crippen LogP) is 0.942. The molecule has 0 aliphatic heterocycles. The van der Waals surface area contributed by atoms with Crippen LogP contribution in [0.4, 0.5) is 5.69 Å². The lowest BCUT2D eigenvalue weighted by Gasteiger charge is -2.05. The van der Waals surface area contributed by atoms with Gasteiger partial charge in [0, 0.05) is 25.1 Å². The van der Waals surface area contributed by atoms with Gasteiger partial charge >= 0.3 is 5.56 Å². The molecule has 88 valence electrons. The minimum atomic E-state index is -0.247. The number of hydrogen-bond acceptors (Lipinski definition) is 4. The van der Waals surface area contributed by atoms with Crippen LogP contribution in [-0.4, -0.2) is 9.55 Å². The van der Waals surface area contributed by atoms with Crippen LogP contribution in [0.25, 0.3) is 0 Å². The van der Waals surface area contributed by atoms with Gasteiger partial charge < -0.3 is 15.0 Å². The summed E-state index contributed by atoms with van der Waals surface area (Å²) in [4.78, 5) is 15.5. The van der Waals surface area contributed by atoms with Crippen molar-refractivity contribution >= 4 is 5.69 Å². The Morgan fingerprint density at radius 3 is 2.76 bits per heavy atom. The van der Waals surface area contributed by atoms with Crippen molar-refractivity contribution in [1.82, 2.24) is 9.55 Å². The van der Waals surface area contributed by atoms with Crippen molar-refractivity contribution in [3.8, 4) is 5.88 Å². The van der Waals surface area contributed by atoms with Crippen molar-refractivity contribution in [3.05, 3.63) is 52.6 Å². The average Bonchev–Trinajstić information content (AvgIpc) is 2.33. The van der Waals surface area contributed by atoms with Gasteiger partial charge in [-0.25, -0.2) is 4.98 Å². The molecule has 2 aromatic rings. The molecule has 1 aromatic carbocycles. The quantitative estimate of drug-likeness (QED) is 0.798. The molecule has 0 aliphatic carbocycles. The van der Waals surface area contributed by atoms with Gasteiger partial charge in [0.2, 0.25) is 0 Å². The van der Waals surface area contributed by atoms with Gasteiger partial charge in [-0.3, -0.25) is 4.79 Å². The van der Waals surface area contributed by atoms with Crippen molar-refractivity contribution in [2.45, 2.75) is 6.61 Å². The summed E-state index contributed by atoms with van der Waals surface area (Å²) < 4.78 is 6.78. The molecule has 1 heterocycles. The molecule has 0 aliphatic rings. The van der Waals surface area contributed by atoms with Gasteiger partial charge in [0.05, 0.1) is 0 Å². The van der Waals surface area contributed by atoms with Gasteiger partial charge in [-0.1, -0.05) is 12.1 Å². The van der Waals surface area contributed by atoms with Gasteiger partial charge in [-0.05, 0) is 17.7 Å². The number of benzene rings is 1. The smallest absolute Gasteiger partial charge is 0.313 e. The van der Waals surface area contributed by atoms with E-state index in [4.69, 9.17) is 10.5 Å². The van der Waals surface area contributed by atoms with Gasteiger partial charge in [0.1, 0.15) is 6.61 Å². The fourth-order valence-corrected chi connectivity index (χ4v) is 1.34. The van der Waals surface area contributed by atoms with Crippen LogP contribution in [0.15, 0.2) is 41.5 Å². The number of nitrogen functional groups attached to an aromatic ring is 1. The summed E-state index contributed by atoms with van der Waals surface area (Å²) in [6.45, 7) is 0.298. The summed E-state index contributed by atoms with van der Waals surface area (Å²) >= 11 is 0. The Morgan fingerprint density at radius 1 is 1.35 bits per heavy atom. The van der Waals surface area contributed by atoms with Gasteiger partial charge in [0.25, 0.3) is 5.88 Å². The summed E-state index contributed by atoms with van der Waals surface area (Å²) in [5, 5.41) is 0. The van der Waals surface area contributed by atoms with Crippen LogP contribution in [0.1, 0.15) is 5.56 Å². The summed E-state index contributed by atoms with van der Waals surface area (Å²) in [6.07, 6.45) is 3.11. The monoisotopic (exact) mass is 231 g/mol. The topological polar surface area (TPSA) is 70.1 Å². The van der Waals surface area contributed by atoms with Crippen LogP contribution >= 0.6 is 0 Å². The third-order valence-electron chi connectivity index (χ3n) is 2.34. The first-order chi connectivity index (χ1) is 8.16. The fourth-order valence-electron chi connectivity index (χ4n) is 1.34. The molecule has 2 rings (SSSR count). The van der Waals surface area contributed by atoms with Crippen molar-refractivity contribution in [2.75, 3.05) is 5.73 Å². The first-order valence-corrected chi connectivity index (χ1v) is 5.15. The van der Waals surface area contributed by atoms with Crippen LogP contribution in [0.3, 0.4) is 0 Å². The van der Waals surface area contributed by atoms with Gasteiger partial charge in [-0.15, -0.1) is 0 Å². The first-order valence-electron chi connectivity index (χ1n) is 5.15. The van der Waals surface area contributed by atoms with E-state index in [0.29, 0.717) is 12.3 Å². The van der Waals surface area contributed by atoms with E-state index in [2.05, 4.69) is 4.98 Å². The second-order valence-electron chi connectivity index (χ2n) is 3.68. The molecule has 1 aromatic heterocycles. The Labute approximate surface area is 98.5 Å². The third kappa shape index (κ3) is 2.63. The van der Waals surface area contributed by atoms with E-state index in [-0.39, 0.29) is 11.4 Å². The van der Waals surface area contributed by atoms with E-state index < -0.39 is 0 Å². The molecule has 0 atom stereocenters. The molecule has 0 saturated carbocycles. The zero-order valence-electron chi connectivity index (χ0n) is 9.46. The van der Waals surface area contributed by atoms with E-state index in [1.165, 1.54) is 10.8 Å². The maximum atomic E-state index is 11.6. The number of rotatable bonds is 3. The Morgan fingerprint density at radius 2 is 2.06 bits per heavy atom. The van der Waals surface area contributed by atoms with Gasteiger partial charge in [-0.2, -0.15) is 0 Å². The lowest BCUT2D eigenvalue weighted by molar-refractivity contribution is 0.287. The Kier molecular flexibility index (Phi) is 3.09. The fraction of sp³-hybridized carbons (Fsp3) is 0.167. The van der Waals surface area contributed by atoms with Crippen molar-refractivity contribution in [2.24, 2.45) is 7.05 Å². The van der Waals surface area contributed by atoms with Crippen molar-refractivity contribution in [1.29, 1.82) is 0 Å². The normalized spacial score (nSPS) is 10.2. The Bertz CT molecular complexity index is 561. The molecule has 0 spiro atoms.